The van der Waals surface area contributed by atoms with Gasteiger partial charge in [0.15, 0.2) is 0 Å². The van der Waals surface area contributed by atoms with Crippen molar-refractivity contribution in [3.63, 3.8) is 0 Å². The zero-order valence-electron chi connectivity index (χ0n) is 9.69. The normalized spacial score (nSPS) is 19.0. The third kappa shape index (κ3) is 2.69. The summed E-state index contributed by atoms with van der Waals surface area (Å²) in [4.78, 5) is 4.04. The molecule has 1 aromatic heterocycles. The lowest BCUT2D eigenvalue weighted by Gasteiger charge is -2.26. The fourth-order valence-corrected chi connectivity index (χ4v) is 2.27. The van der Waals surface area contributed by atoms with E-state index in [4.69, 9.17) is 27.9 Å². The van der Waals surface area contributed by atoms with E-state index in [1.165, 1.54) is 6.20 Å². The molecular formula is C11H17ClN4O. The molecular weight excluding hydrogens is 240 g/mol. The number of halogens is 1. The zero-order valence-corrected chi connectivity index (χ0v) is 10.4. The first-order valence-corrected chi connectivity index (χ1v) is 5.95. The van der Waals surface area contributed by atoms with Crippen LogP contribution in [0.25, 0.3) is 0 Å². The van der Waals surface area contributed by atoms with Crippen LogP contribution in [-0.2, 0) is 4.74 Å². The van der Waals surface area contributed by atoms with Crippen molar-refractivity contribution >= 4 is 17.4 Å². The van der Waals surface area contributed by atoms with Gasteiger partial charge in [-0.25, -0.2) is 4.98 Å². The van der Waals surface area contributed by atoms with E-state index >= 15 is 0 Å². The Bertz CT molecular complexity index is 397. The average molecular weight is 257 g/mol. The number of ether oxygens (including phenoxy) is 1. The standard InChI is InChI=1S/C11H17ClN4O/c1-17-10(6-2-3-6)9(16-14)8-4-7(12)5-15-11(8)13/h4-6,9-10,16H,2-3,14H2,1H3,(H2,13,15). The van der Waals surface area contributed by atoms with Crippen LogP contribution in [0.3, 0.4) is 0 Å². The first-order valence-electron chi connectivity index (χ1n) is 5.57. The molecule has 0 saturated heterocycles. The molecule has 94 valence electrons. The molecule has 5 N–H and O–H groups in total. The molecule has 1 aliphatic carbocycles. The molecule has 0 aliphatic heterocycles. The second kappa shape index (κ2) is 5.18. The minimum absolute atomic E-state index is 0.00238. The summed E-state index contributed by atoms with van der Waals surface area (Å²) in [6.45, 7) is 0. The Kier molecular flexibility index (Phi) is 3.83. The lowest BCUT2D eigenvalue weighted by atomic mass is 9.99. The molecule has 2 unspecified atom stereocenters. The molecule has 5 nitrogen and oxygen atoms in total. The number of hydrazine groups is 1. The molecule has 1 fully saturated rings. The van der Waals surface area contributed by atoms with Crippen molar-refractivity contribution in [1.29, 1.82) is 0 Å². The molecule has 6 heteroatoms. The van der Waals surface area contributed by atoms with Crippen LogP contribution in [0.5, 0.6) is 0 Å². The fourth-order valence-electron chi connectivity index (χ4n) is 2.10. The number of pyridine rings is 1. The van der Waals surface area contributed by atoms with E-state index in [9.17, 15) is 0 Å². The SMILES string of the molecule is COC(C1CC1)C(NN)c1cc(Cl)cnc1N. The van der Waals surface area contributed by atoms with Crippen LogP contribution in [-0.4, -0.2) is 18.2 Å². The van der Waals surface area contributed by atoms with Gasteiger partial charge in [0, 0.05) is 18.9 Å². The maximum Gasteiger partial charge on any atom is 0.128 e. The smallest absolute Gasteiger partial charge is 0.128 e. The lowest BCUT2D eigenvalue weighted by Crippen LogP contribution is -2.39. The Labute approximate surface area is 105 Å². The van der Waals surface area contributed by atoms with Crippen LogP contribution >= 0.6 is 11.6 Å². The number of nitrogen functional groups attached to an aromatic ring is 1. The molecule has 0 spiro atoms. The molecule has 2 atom stereocenters. The minimum Gasteiger partial charge on any atom is -0.383 e. The Morgan fingerprint density at radius 3 is 2.82 bits per heavy atom. The van der Waals surface area contributed by atoms with Gasteiger partial charge in [0.05, 0.1) is 17.2 Å². The Balaban J connectivity index is 2.29. The van der Waals surface area contributed by atoms with Gasteiger partial charge in [-0.15, -0.1) is 0 Å². The van der Waals surface area contributed by atoms with Gasteiger partial charge in [0.1, 0.15) is 5.82 Å². The summed E-state index contributed by atoms with van der Waals surface area (Å²) in [6, 6.07) is 1.60. The number of nitrogens with two attached hydrogens (primary N) is 2. The highest BCUT2D eigenvalue weighted by atomic mass is 35.5. The number of hydrogen-bond acceptors (Lipinski definition) is 5. The van der Waals surface area contributed by atoms with Crippen molar-refractivity contribution in [3.8, 4) is 0 Å². The highest BCUT2D eigenvalue weighted by molar-refractivity contribution is 6.30. The van der Waals surface area contributed by atoms with Gasteiger partial charge in [-0.3, -0.25) is 11.3 Å². The van der Waals surface area contributed by atoms with Crippen molar-refractivity contribution in [1.82, 2.24) is 10.4 Å². The number of anilines is 1. The number of hydrogen-bond donors (Lipinski definition) is 3. The van der Waals surface area contributed by atoms with Crippen LogP contribution in [0.2, 0.25) is 5.02 Å². The first-order chi connectivity index (χ1) is 8.17. The Morgan fingerprint density at radius 1 is 1.59 bits per heavy atom. The van der Waals surface area contributed by atoms with E-state index in [-0.39, 0.29) is 12.1 Å². The monoisotopic (exact) mass is 256 g/mol. The van der Waals surface area contributed by atoms with Crippen LogP contribution in [0.1, 0.15) is 24.4 Å². The minimum atomic E-state index is -0.182. The van der Waals surface area contributed by atoms with Crippen molar-refractivity contribution < 1.29 is 4.74 Å². The topological polar surface area (TPSA) is 86.2 Å². The molecule has 0 aromatic carbocycles. The third-order valence-corrected chi connectivity index (χ3v) is 3.32. The van der Waals surface area contributed by atoms with Gasteiger partial charge in [0.2, 0.25) is 0 Å². The van der Waals surface area contributed by atoms with E-state index in [0.29, 0.717) is 16.8 Å². The number of rotatable bonds is 5. The summed E-state index contributed by atoms with van der Waals surface area (Å²) in [5.74, 6) is 6.57. The van der Waals surface area contributed by atoms with Gasteiger partial charge in [0.25, 0.3) is 0 Å². The molecule has 0 bridgehead atoms. The largest absolute Gasteiger partial charge is 0.383 e. The molecule has 1 heterocycles. The van der Waals surface area contributed by atoms with E-state index in [1.807, 2.05) is 0 Å². The summed E-state index contributed by atoms with van der Waals surface area (Å²) in [6.07, 6.45) is 3.84. The van der Waals surface area contributed by atoms with Gasteiger partial charge in [-0.05, 0) is 24.8 Å². The Morgan fingerprint density at radius 2 is 2.29 bits per heavy atom. The van der Waals surface area contributed by atoms with E-state index in [0.717, 1.165) is 18.4 Å². The van der Waals surface area contributed by atoms with Crippen LogP contribution < -0.4 is 17.0 Å². The predicted molar refractivity (Wildman–Crippen MR) is 67.2 cm³/mol. The molecule has 17 heavy (non-hydrogen) atoms. The van der Waals surface area contributed by atoms with Gasteiger partial charge in [-0.2, -0.15) is 0 Å². The van der Waals surface area contributed by atoms with Gasteiger partial charge < -0.3 is 10.5 Å². The highest BCUT2D eigenvalue weighted by Crippen LogP contribution is 2.40. The molecule has 2 rings (SSSR count). The van der Waals surface area contributed by atoms with Crippen molar-refractivity contribution in [2.45, 2.75) is 25.0 Å². The molecule has 0 amide bonds. The lowest BCUT2D eigenvalue weighted by molar-refractivity contribution is 0.0508. The van der Waals surface area contributed by atoms with Gasteiger partial charge in [-0.1, -0.05) is 11.6 Å². The molecule has 1 aromatic rings. The quantitative estimate of drug-likeness (QED) is 0.545. The summed E-state index contributed by atoms with van der Waals surface area (Å²) < 4.78 is 5.51. The molecule has 1 aliphatic rings. The van der Waals surface area contributed by atoms with Crippen LogP contribution in [0.15, 0.2) is 12.3 Å². The fraction of sp³-hybridized carbons (Fsp3) is 0.545. The summed E-state index contributed by atoms with van der Waals surface area (Å²) in [7, 11) is 1.68. The van der Waals surface area contributed by atoms with Crippen molar-refractivity contribution in [3.05, 3.63) is 22.8 Å². The number of aromatic nitrogens is 1. The summed E-state index contributed by atoms with van der Waals surface area (Å²) in [5.41, 5.74) is 9.40. The second-order valence-corrected chi connectivity index (χ2v) is 4.75. The first kappa shape index (κ1) is 12.6. The van der Waals surface area contributed by atoms with E-state index in [1.54, 1.807) is 13.2 Å². The summed E-state index contributed by atoms with van der Waals surface area (Å²) >= 11 is 5.93. The van der Waals surface area contributed by atoms with Gasteiger partial charge >= 0.3 is 0 Å². The number of nitrogens with zero attached hydrogens (tertiary/aromatic N) is 1. The van der Waals surface area contributed by atoms with Crippen LogP contribution in [0.4, 0.5) is 5.82 Å². The Hall–Kier alpha value is -0.880. The van der Waals surface area contributed by atoms with Crippen molar-refractivity contribution in [2.75, 3.05) is 12.8 Å². The number of nitrogens with one attached hydrogen (secondary N) is 1. The zero-order chi connectivity index (χ0) is 12.4. The second-order valence-electron chi connectivity index (χ2n) is 4.31. The van der Waals surface area contributed by atoms with E-state index in [2.05, 4.69) is 10.4 Å². The third-order valence-electron chi connectivity index (χ3n) is 3.12. The maximum atomic E-state index is 5.93. The number of methoxy groups -OCH3 is 1. The molecule has 0 radical (unpaired) electrons. The van der Waals surface area contributed by atoms with Crippen LogP contribution in [0, 0.1) is 5.92 Å². The summed E-state index contributed by atoms with van der Waals surface area (Å²) in [5, 5.41) is 0.542. The molecule has 1 saturated carbocycles. The van der Waals surface area contributed by atoms with E-state index < -0.39 is 0 Å². The van der Waals surface area contributed by atoms with Crippen molar-refractivity contribution in [2.24, 2.45) is 11.8 Å². The highest BCUT2D eigenvalue weighted by Gasteiger charge is 2.38. The average Bonchev–Trinajstić information content (AvgIpc) is 3.13. The maximum absolute atomic E-state index is 5.93. The predicted octanol–water partition coefficient (Wildman–Crippen LogP) is 1.25.